The monoisotopic (exact) mass is 299 g/mol. The number of hydrogen-bond donors (Lipinski definition) is 1. The molecule has 0 saturated carbocycles. The van der Waals surface area contributed by atoms with Crippen LogP contribution in [-0.4, -0.2) is 18.2 Å². The molecule has 0 atom stereocenters. The minimum Gasteiger partial charge on any atom is -0.272 e. The van der Waals surface area contributed by atoms with Crippen LogP contribution >= 0.6 is 11.6 Å². The Balaban J connectivity index is 2.14. The Kier molecular flexibility index (Phi) is 3.93. The summed E-state index contributed by atoms with van der Waals surface area (Å²) < 4.78 is 28.3. The van der Waals surface area contributed by atoms with E-state index in [0.717, 1.165) is 5.56 Å². The van der Waals surface area contributed by atoms with Crippen LogP contribution in [0.1, 0.15) is 11.3 Å². The minimum atomic E-state index is -3.54. The van der Waals surface area contributed by atoms with Crippen LogP contribution in [0, 0.1) is 6.92 Å². The average Bonchev–Trinajstić information content (AvgIpc) is 2.70. The number of sulfonamides is 1. The Labute approximate surface area is 117 Å². The lowest BCUT2D eigenvalue weighted by Gasteiger charge is -2.06. The normalized spacial score (nSPS) is 11.7. The lowest BCUT2D eigenvalue weighted by atomic mass is 10.2. The maximum atomic E-state index is 12.1. The molecule has 0 radical (unpaired) electrons. The molecule has 0 saturated heterocycles. The molecule has 0 aliphatic heterocycles. The van der Waals surface area contributed by atoms with Crippen molar-refractivity contribution in [3.8, 4) is 0 Å². The van der Waals surface area contributed by atoms with Crippen molar-refractivity contribution in [2.75, 3.05) is 0 Å². The van der Waals surface area contributed by atoms with Crippen LogP contribution in [0.2, 0.25) is 5.02 Å². The molecule has 0 spiro atoms. The molecule has 2 rings (SSSR count). The average molecular weight is 300 g/mol. The molecule has 1 heterocycles. The standard InChI is InChI=1S/C12H14ClN3O2S/c1-9-12(8-14-16(9)2)19(17,18)15-7-10-3-5-11(13)6-4-10/h3-6,8,15H,7H2,1-2H3. The van der Waals surface area contributed by atoms with Crippen molar-refractivity contribution in [1.29, 1.82) is 0 Å². The molecule has 5 nitrogen and oxygen atoms in total. The van der Waals surface area contributed by atoms with Gasteiger partial charge in [-0.2, -0.15) is 5.10 Å². The number of hydrogen-bond acceptors (Lipinski definition) is 3. The van der Waals surface area contributed by atoms with E-state index in [1.165, 1.54) is 10.9 Å². The Morgan fingerprint density at radius 2 is 1.95 bits per heavy atom. The molecule has 0 unspecified atom stereocenters. The highest BCUT2D eigenvalue weighted by Gasteiger charge is 2.19. The Hall–Kier alpha value is -1.37. The van der Waals surface area contributed by atoms with Crippen molar-refractivity contribution in [3.05, 3.63) is 46.7 Å². The number of halogens is 1. The van der Waals surface area contributed by atoms with Gasteiger partial charge in [0.05, 0.1) is 11.9 Å². The molecule has 0 amide bonds. The number of benzene rings is 1. The highest BCUT2D eigenvalue weighted by Crippen LogP contribution is 2.14. The van der Waals surface area contributed by atoms with Crippen molar-refractivity contribution in [2.24, 2.45) is 7.05 Å². The summed E-state index contributed by atoms with van der Waals surface area (Å²) in [5.41, 5.74) is 1.44. The van der Waals surface area contributed by atoms with Gasteiger partial charge in [-0.05, 0) is 24.6 Å². The van der Waals surface area contributed by atoms with E-state index in [4.69, 9.17) is 11.6 Å². The second-order valence-corrected chi connectivity index (χ2v) is 6.34. The Bertz CT molecular complexity index is 678. The number of rotatable bonds is 4. The van der Waals surface area contributed by atoms with Gasteiger partial charge in [0, 0.05) is 18.6 Å². The third kappa shape index (κ3) is 3.15. The van der Waals surface area contributed by atoms with Crippen molar-refractivity contribution in [2.45, 2.75) is 18.4 Å². The summed E-state index contributed by atoms with van der Waals surface area (Å²) in [4.78, 5) is 0.198. The summed E-state index contributed by atoms with van der Waals surface area (Å²) in [6, 6.07) is 7.00. The SMILES string of the molecule is Cc1c(S(=O)(=O)NCc2ccc(Cl)cc2)cnn1C. The summed E-state index contributed by atoms with van der Waals surface area (Å²) >= 11 is 5.77. The van der Waals surface area contributed by atoms with E-state index in [0.29, 0.717) is 10.7 Å². The number of aryl methyl sites for hydroxylation is 1. The van der Waals surface area contributed by atoms with Gasteiger partial charge in [0.15, 0.2) is 0 Å². The number of aromatic nitrogens is 2. The lowest BCUT2D eigenvalue weighted by Crippen LogP contribution is -2.23. The third-order valence-electron chi connectivity index (χ3n) is 2.86. The van der Waals surface area contributed by atoms with Crippen molar-refractivity contribution in [3.63, 3.8) is 0 Å². The molecule has 0 aliphatic carbocycles. The van der Waals surface area contributed by atoms with Crippen molar-refractivity contribution >= 4 is 21.6 Å². The maximum Gasteiger partial charge on any atom is 0.244 e. The first-order valence-electron chi connectivity index (χ1n) is 5.63. The van der Waals surface area contributed by atoms with E-state index in [1.54, 1.807) is 38.2 Å². The summed E-state index contributed by atoms with van der Waals surface area (Å²) in [7, 11) is -1.84. The number of nitrogens with zero attached hydrogens (tertiary/aromatic N) is 2. The fourth-order valence-corrected chi connectivity index (χ4v) is 2.95. The second-order valence-electron chi connectivity index (χ2n) is 4.17. The predicted octanol–water partition coefficient (Wildman–Crippen LogP) is 1.86. The highest BCUT2D eigenvalue weighted by molar-refractivity contribution is 7.89. The smallest absolute Gasteiger partial charge is 0.244 e. The topological polar surface area (TPSA) is 64.0 Å². The molecule has 102 valence electrons. The molecule has 1 N–H and O–H groups in total. The van der Waals surface area contributed by atoms with Gasteiger partial charge in [0.2, 0.25) is 10.0 Å². The summed E-state index contributed by atoms with van der Waals surface area (Å²) in [6.07, 6.45) is 1.35. The van der Waals surface area contributed by atoms with Crippen molar-refractivity contribution in [1.82, 2.24) is 14.5 Å². The van der Waals surface area contributed by atoms with E-state index in [9.17, 15) is 8.42 Å². The van der Waals surface area contributed by atoms with Gasteiger partial charge in [-0.15, -0.1) is 0 Å². The van der Waals surface area contributed by atoms with Crippen LogP contribution in [0.5, 0.6) is 0 Å². The summed E-state index contributed by atoms with van der Waals surface area (Å²) in [5, 5.41) is 4.55. The quantitative estimate of drug-likeness (QED) is 0.937. The van der Waals surface area contributed by atoms with Crippen LogP contribution in [0.15, 0.2) is 35.4 Å². The van der Waals surface area contributed by atoms with Gasteiger partial charge in [-0.25, -0.2) is 13.1 Å². The van der Waals surface area contributed by atoms with Crippen LogP contribution in [0.4, 0.5) is 0 Å². The van der Waals surface area contributed by atoms with E-state index in [-0.39, 0.29) is 11.4 Å². The Morgan fingerprint density at radius 1 is 1.32 bits per heavy atom. The van der Waals surface area contributed by atoms with Gasteiger partial charge in [-0.1, -0.05) is 23.7 Å². The van der Waals surface area contributed by atoms with Gasteiger partial charge in [0.25, 0.3) is 0 Å². The van der Waals surface area contributed by atoms with Crippen LogP contribution in [0.25, 0.3) is 0 Å². The molecular weight excluding hydrogens is 286 g/mol. The van der Waals surface area contributed by atoms with Gasteiger partial charge in [0.1, 0.15) is 4.90 Å². The van der Waals surface area contributed by atoms with Crippen LogP contribution < -0.4 is 4.72 Å². The van der Waals surface area contributed by atoms with Crippen LogP contribution in [-0.2, 0) is 23.6 Å². The Morgan fingerprint density at radius 3 is 2.47 bits per heavy atom. The fourth-order valence-electron chi connectivity index (χ4n) is 1.60. The van der Waals surface area contributed by atoms with E-state index in [1.807, 2.05) is 0 Å². The zero-order valence-corrected chi connectivity index (χ0v) is 12.2. The van der Waals surface area contributed by atoms with Crippen LogP contribution in [0.3, 0.4) is 0 Å². The molecule has 7 heteroatoms. The zero-order valence-electron chi connectivity index (χ0n) is 10.6. The van der Waals surface area contributed by atoms with Gasteiger partial charge in [-0.3, -0.25) is 4.68 Å². The van der Waals surface area contributed by atoms with Crippen molar-refractivity contribution < 1.29 is 8.42 Å². The van der Waals surface area contributed by atoms with Gasteiger partial charge >= 0.3 is 0 Å². The summed E-state index contributed by atoms with van der Waals surface area (Å²) in [5.74, 6) is 0. The molecule has 0 bridgehead atoms. The summed E-state index contributed by atoms with van der Waals surface area (Å²) in [6.45, 7) is 1.93. The zero-order chi connectivity index (χ0) is 14.0. The maximum absolute atomic E-state index is 12.1. The lowest BCUT2D eigenvalue weighted by molar-refractivity contribution is 0.580. The molecule has 2 aromatic rings. The molecule has 1 aromatic carbocycles. The largest absolute Gasteiger partial charge is 0.272 e. The third-order valence-corrected chi connectivity index (χ3v) is 4.62. The second kappa shape index (κ2) is 5.32. The first-order valence-corrected chi connectivity index (χ1v) is 7.49. The van der Waals surface area contributed by atoms with E-state index < -0.39 is 10.0 Å². The molecule has 0 fully saturated rings. The highest BCUT2D eigenvalue weighted by atomic mass is 35.5. The first-order chi connectivity index (χ1) is 8.90. The first kappa shape index (κ1) is 14.0. The predicted molar refractivity (Wildman–Crippen MR) is 73.4 cm³/mol. The fraction of sp³-hybridized carbons (Fsp3) is 0.250. The minimum absolute atomic E-state index is 0.198. The molecule has 1 aromatic heterocycles. The molecular formula is C12H14ClN3O2S. The number of nitrogens with one attached hydrogen (secondary N) is 1. The van der Waals surface area contributed by atoms with Gasteiger partial charge < -0.3 is 0 Å². The molecule has 0 aliphatic rings. The van der Waals surface area contributed by atoms with E-state index >= 15 is 0 Å². The van der Waals surface area contributed by atoms with E-state index in [2.05, 4.69) is 9.82 Å². The molecule has 19 heavy (non-hydrogen) atoms.